The van der Waals surface area contributed by atoms with Crippen molar-refractivity contribution in [1.29, 1.82) is 0 Å². The summed E-state index contributed by atoms with van der Waals surface area (Å²) in [5, 5.41) is 0. The van der Waals surface area contributed by atoms with Gasteiger partial charge in [-0.1, -0.05) is 6.07 Å². The van der Waals surface area contributed by atoms with Crippen LogP contribution in [0.2, 0.25) is 0 Å². The van der Waals surface area contributed by atoms with E-state index in [1.54, 1.807) is 0 Å². The zero-order valence-corrected chi connectivity index (χ0v) is 9.12. The van der Waals surface area contributed by atoms with Crippen molar-refractivity contribution in [2.75, 3.05) is 6.61 Å². The molecule has 3 nitrogen and oxygen atoms in total. The quantitative estimate of drug-likeness (QED) is 0.826. The van der Waals surface area contributed by atoms with Gasteiger partial charge >= 0.3 is 5.97 Å². The molecule has 0 amide bonds. The molecule has 94 valence electrons. The SMILES string of the molecule is CCOC(=O)C(F)[C@H](N)c1ccc(F)c(F)c1. The lowest BCUT2D eigenvalue weighted by Gasteiger charge is -2.15. The van der Waals surface area contributed by atoms with Gasteiger partial charge in [0.2, 0.25) is 6.17 Å². The lowest BCUT2D eigenvalue weighted by atomic mass is 10.0. The molecule has 17 heavy (non-hydrogen) atoms. The Kier molecular flexibility index (Phi) is 4.51. The standard InChI is InChI=1S/C11H12F3NO2/c1-2-17-11(16)9(14)10(15)6-3-4-7(12)8(13)5-6/h3-5,9-10H,2,15H2,1H3/t9?,10-/m1/s1. The number of halogens is 3. The van der Waals surface area contributed by atoms with Crippen molar-refractivity contribution in [2.24, 2.45) is 5.73 Å². The second-order valence-electron chi connectivity index (χ2n) is 3.35. The van der Waals surface area contributed by atoms with Gasteiger partial charge in [0.05, 0.1) is 12.6 Å². The van der Waals surface area contributed by atoms with Gasteiger partial charge in [-0.3, -0.25) is 0 Å². The van der Waals surface area contributed by atoms with Crippen molar-refractivity contribution in [3.05, 3.63) is 35.4 Å². The van der Waals surface area contributed by atoms with Crippen LogP contribution in [0.15, 0.2) is 18.2 Å². The summed E-state index contributed by atoms with van der Waals surface area (Å²) >= 11 is 0. The lowest BCUT2D eigenvalue weighted by Crippen LogP contribution is -2.31. The minimum atomic E-state index is -2.11. The molecule has 0 aliphatic carbocycles. The van der Waals surface area contributed by atoms with Crippen LogP contribution in [-0.2, 0) is 9.53 Å². The number of benzene rings is 1. The highest BCUT2D eigenvalue weighted by Gasteiger charge is 2.28. The highest BCUT2D eigenvalue weighted by atomic mass is 19.2. The third-order valence-corrected chi connectivity index (χ3v) is 2.16. The fourth-order valence-electron chi connectivity index (χ4n) is 1.26. The van der Waals surface area contributed by atoms with E-state index in [2.05, 4.69) is 4.74 Å². The number of carbonyl (C=O) groups excluding carboxylic acids is 1. The molecule has 0 aliphatic rings. The molecule has 0 aromatic heterocycles. The molecule has 1 rings (SSSR count). The molecule has 0 bridgehead atoms. The van der Waals surface area contributed by atoms with E-state index in [9.17, 15) is 18.0 Å². The smallest absolute Gasteiger partial charge is 0.342 e. The maximum absolute atomic E-state index is 13.5. The first-order chi connectivity index (χ1) is 7.97. The van der Waals surface area contributed by atoms with Gasteiger partial charge < -0.3 is 10.5 Å². The molecule has 1 unspecified atom stereocenters. The third kappa shape index (κ3) is 3.20. The number of nitrogens with two attached hydrogens (primary N) is 1. The summed E-state index contributed by atoms with van der Waals surface area (Å²) in [5.41, 5.74) is 5.41. The van der Waals surface area contributed by atoms with Crippen molar-refractivity contribution in [1.82, 2.24) is 0 Å². The molecule has 1 aromatic carbocycles. The van der Waals surface area contributed by atoms with E-state index in [1.165, 1.54) is 6.92 Å². The predicted molar refractivity (Wildman–Crippen MR) is 54.8 cm³/mol. The zero-order valence-electron chi connectivity index (χ0n) is 9.12. The van der Waals surface area contributed by atoms with E-state index in [4.69, 9.17) is 5.73 Å². The fraction of sp³-hybridized carbons (Fsp3) is 0.364. The molecule has 2 atom stereocenters. The van der Waals surface area contributed by atoms with Crippen LogP contribution in [0.3, 0.4) is 0 Å². The first-order valence-corrected chi connectivity index (χ1v) is 4.98. The Balaban J connectivity index is 2.84. The topological polar surface area (TPSA) is 52.3 Å². The number of rotatable bonds is 4. The molecule has 0 fully saturated rings. The Morgan fingerprint density at radius 1 is 1.41 bits per heavy atom. The number of esters is 1. The Bertz CT molecular complexity index is 412. The van der Waals surface area contributed by atoms with E-state index in [-0.39, 0.29) is 12.2 Å². The number of alkyl halides is 1. The molecule has 0 saturated carbocycles. The van der Waals surface area contributed by atoms with Gasteiger partial charge in [-0.25, -0.2) is 18.0 Å². The van der Waals surface area contributed by atoms with Crippen molar-refractivity contribution in [3.8, 4) is 0 Å². The Morgan fingerprint density at radius 3 is 2.59 bits per heavy atom. The molecule has 0 spiro atoms. The largest absolute Gasteiger partial charge is 0.464 e. The average Bonchev–Trinajstić information content (AvgIpc) is 2.31. The maximum Gasteiger partial charge on any atom is 0.342 e. The number of hydrogen-bond acceptors (Lipinski definition) is 3. The van der Waals surface area contributed by atoms with Crippen LogP contribution < -0.4 is 5.73 Å². The van der Waals surface area contributed by atoms with E-state index in [1.807, 2.05) is 0 Å². The zero-order chi connectivity index (χ0) is 13.0. The fourth-order valence-corrected chi connectivity index (χ4v) is 1.26. The normalized spacial score (nSPS) is 14.2. The summed E-state index contributed by atoms with van der Waals surface area (Å²) in [6.45, 7) is 1.54. The van der Waals surface area contributed by atoms with Crippen molar-refractivity contribution < 1.29 is 22.7 Å². The first kappa shape index (κ1) is 13.5. The molecular weight excluding hydrogens is 235 g/mol. The van der Waals surface area contributed by atoms with Crippen LogP contribution in [0, 0.1) is 11.6 Å². The first-order valence-electron chi connectivity index (χ1n) is 4.98. The monoisotopic (exact) mass is 247 g/mol. The summed E-state index contributed by atoms with van der Waals surface area (Å²) in [5.74, 6) is -3.33. The molecule has 0 radical (unpaired) electrons. The Morgan fingerprint density at radius 2 is 2.06 bits per heavy atom. The molecule has 1 aromatic rings. The van der Waals surface area contributed by atoms with Crippen LogP contribution in [0.5, 0.6) is 0 Å². The minimum absolute atomic E-state index is 0.00977. The van der Waals surface area contributed by atoms with E-state index in [0.29, 0.717) is 0 Å². The van der Waals surface area contributed by atoms with Gasteiger partial charge in [0.15, 0.2) is 11.6 Å². The average molecular weight is 247 g/mol. The lowest BCUT2D eigenvalue weighted by molar-refractivity contribution is -0.149. The van der Waals surface area contributed by atoms with Crippen LogP contribution in [0.1, 0.15) is 18.5 Å². The van der Waals surface area contributed by atoms with E-state index >= 15 is 0 Å². The molecule has 0 saturated heterocycles. The van der Waals surface area contributed by atoms with Gasteiger partial charge in [0, 0.05) is 0 Å². The molecule has 2 N–H and O–H groups in total. The Labute approximate surface area is 96.4 Å². The van der Waals surface area contributed by atoms with Gasteiger partial charge in [0.25, 0.3) is 0 Å². The predicted octanol–water partition coefficient (Wildman–Crippen LogP) is 1.87. The second-order valence-corrected chi connectivity index (χ2v) is 3.35. The van der Waals surface area contributed by atoms with Gasteiger partial charge in [-0.15, -0.1) is 0 Å². The number of carbonyl (C=O) groups is 1. The summed E-state index contributed by atoms with van der Waals surface area (Å²) in [6, 6.07) is 1.31. The minimum Gasteiger partial charge on any atom is -0.464 e. The summed E-state index contributed by atoms with van der Waals surface area (Å²) in [6.07, 6.45) is -2.11. The second kappa shape index (κ2) is 5.67. The maximum atomic E-state index is 13.5. The van der Waals surface area contributed by atoms with Crippen LogP contribution in [0.25, 0.3) is 0 Å². The van der Waals surface area contributed by atoms with Crippen molar-refractivity contribution in [2.45, 2.75) is 19.1 Å². The highest BCUT2D eigenvalue weighted by Crippen LogP contribution is 2.20. The third-order valence-electron chi connectivity index (χ3n) is 2.16. The van der Waals surface area contributed by atoms with Crippen LogP contribution in [-0.4, -0.2) is 18.7 Å². The molecular formula is C11H12F3NO2. The van der Waals surface area contributed by atoms with Crippen molar-refractivity contribution in [3.63, 3.8) is 0 Å². The van der Waals surface area contributed by atoms with Gasteiger partial charge in [0.1, 0.15) is 0 Å². The Hall–Kier alpha value is -1.56. The molecule has 0 heterocycles. The van der Waals surface area contributed by atoms with Crippen LogP contribution >= 0.6 is 0 Å². The molecule has 6 heteroatoms. The van der Waals surface area contributed by atoms with Gasteiger partial charge in [-0.2, -0.15) is 0 Å². The highest BCUT2D eigenvalue weighted by molar-refractivity contribution is 5.75. The van der Waals surface area contributed by atoms with Crippen molar-refractivity contribution >= 4 is 5.97 Å². The van der Waals surface area contributed by atoms with Crippen LogP contribution in [0.4, 0.5) is 13.2 Å². The molecule has 0 aliphatic heterocycles. The van der Waals surface area contributed by atoms with Gasteiger partial charge in [-0.05, 0) is 24.6 Å². The number of ether oxygens (including phenoxy) is 1. The summed E-state index contributed by atoms with van der Waals surface area (Å²) in [4.78, 5) is 11.1. The van der Waals surface area contributed by atoms with E-state index < -0.39 is 29.8 Å². The summed E-state index contributed by atoms with van der Waals surface area (Å²) in [7, 11) is 0. The van der Waals surface area contributed by atoms with E-state index in [0.717, 1.165) is 18.2 Å². The summed E-state index contributed by atoms with van der Waals surface area (Å²) < 4.78 is 43.4. The number of hydrogen-bond donors (Lipinski definition) is 1.